The molecule has 0 unspecified atom stereocenters. The molecule has 0 bridgehead atoms. The summed E-state index contributed by atoms with van der Waals surface area (Å²) >= 11 is 0. The van der Waals surface area contributed by atoms with Crippen molar-refractivity contribution in [2.75, 3.05) is 42.2 Å². The molecule has 1 amide bonds. The molecule has 34 heavy (non-hydrogen) atoms. The maximum absolute atomic E-state index is 12.4. The summed E-state index contributed by atoms with van der Waals surface area (Å²) in [6, 6.07) is 11.4. The van der Waals surface area contributed by atoms with E-state index in [2.05, 4.69) is 5.32 Å². The standard InChI is InChI=1S/C24H30N2O7S/c1-3-4-14-33-24(28)18-7-9-19(10-8-18)25-23(27)6-5-13-26(34(2,29)30)20-11-12-21-22(17-20)32-16-15-31-21/h7-12,17H,3-6,13-16H2,1-2H3,(H,25,27). The molecule has 0 aromatic heterocycles. The Kier molecular flexibility index (Phi) is 8.75. The minimum atomic E-state index is -3.56. The van der Waals surface area contributed by atoms with E-state index in [1.165, 1.54) is 4.31 Å². The highest BCUT2D eigenvalue weighted by Gasteiger charge is 2.21. The Morgan fingerprint density at radius 3 is 2.41 bits per heavy atom. The molecule has 1 aliphatic rings. The van der Waals surface area contributed by atoms with E-state index >= 15 is 0 Å². The van der Waals surface area contributed by atoms with Crippen molar-refractivity contribution in [2.45, 2.75) is 32.6 Å². The largest absolute Gasteiger partial charge is 0.486 e. The van der Waals surface area contributed by atoms with Gasteiger partial charge in [0, 0.05) is 24.7 Å². The molecule has 1 heterocycles. The predicted octanol–water partition coefficient (Wildman–Crippen LogP) is 3.60. The van der Waals surface area contributed by atoms with Crippen molar-refractivity contribution < 1.29 is 32.2 Å². The average molecular weight is 491 g/mol. The van der Waals surface area contributed by atoms with Gasteiger partial charge in [0.25, 0.3) is 0 Å². The lowest BCUT2D eigenvalue weighted by Gasteiger charge is -2.25. The molecule has 184 valence electrons. The van der Waals surface area contributed by atoms with E-state index in [1.807, 2.05) is 6.92 Å². The summed E-state index contributed by atoms with van der Waals surface area (Å²) < 4.78 is 42.1. The van der Waals surface area contributed by atoms with Crippen LogP contribution in [0.5, 0.6) is 11.5 Å². The van der Waals surface area contributed by atoms with Gasteiger partial charge in [0.2, 0.25) is 15.9 Å². The molecule has 0 atom stereocenters. The maximum Gasteiger partial charge on any atom is 0.338 e. The number of fused-ring (bicyclic) bond motifs is 1. The molecular weight excluding hydrogens is 460 g/mol. The van der Waals surface area contributed by atoms with Gasteiger partial charge >= 0.3 is 5.97 Å². The highest BCUT2D eigenvalue weighted by atomic mass is 32.2. The first kappa shape index (κ1) is 25.4. The zero-order valence-corrected chi connectivity index (χ0v) is 20.2. The highest BCUT2D eigenvalue weighted by molar-refractivity contribution is 7.92. The molecule has 2 aromatic rings. The van der Waals surface area contributed by atoms with E-state index in [0.29, 0.717) is 54.7 Å². The predicted molar refractivity (Wildman–Crippen MR) is 129 cm³/mol. The van der Waals surface area contributed by atoms with Crippen molar-refractivity contribution in [3.8, 4) is 11.5 Å². The van der Waals surface area contributed by atoms with Gasteiger partial charge in [0.05, 0.1) is 24.1 Å². The van der Waals surface area contributed by atoms with Crippen LogP contribution in [0.25, 0.3) is 0 Å². The zero-order chi connectivity index (χ0) is 24.6. The molecule has 0 fully saturated rings. The van der Waals surface area contributed by atoms with Crippen LogP contribution in [0.2, 0.25) is 0 Å². The molecular formula is C24H30N2O7S. The average Bonchev–Trinajstić information content (AvgIpc) is 2.81. The van der Waals surface area contributed by atoms with Crippen molar-refractivity contribution in [3.63, 3.8) is 0 Å². The second-order valence-electron chi connectivity index (χ2n) is 7.88. The van der Waals surface area contributed by atoms with Gasteiger partial charge in [-0.1, -0.05) is 13.3 Å². The van der Waals surface area contributed by atoms with Crippen molar-refractivity contribution in [2.24, 2.45) is 0 Å². The van der Waals surface area contributed by atoms with Gasteiger partial charge in [0.1, 0.15) is 13.2 Å². The third kappa shape index (κ3) is 7.11. The highest BCUT2D eigenvalue weighted by Crippen LogP contribution is 2.34. The number of carbonyl (C=O) groups excluding carboxylic acids is 2. The second-order valence-corrected chi connectivity index (χ2v) is 9.79. The Labute approximate surface area is 200 Å². The molecule has 3 rings (SSSR count). The summed E-state index contributed by atoms with van der Waals surface area (Å²) in [4.78, 5) is 24.3. The number of anilines is 2. The van der Waals surface area contributed by atoms with Crippen LogP contribution in [0.1, 0.15) is 43.0 Å². The minimum absolute atomic E-state index is 0.122. The van der Waals surface area contributed by atoms with Crippen LogP contribution in [0.4, 0.5) is 11.4 Å². The van der Waals surface area contributed by atoms with Gasteiger partial charge in [-0.2, -0.15) is 0 Å². The summed E-state index contributed by atoms with van der Waals surface area (Å²) in [7, 11) is -3.56. The fraction of sp³-hybridized carbons (Fsp3) is 0.417. The summed E-state index contributed by atoms with van der Waals surface area (Å²) in [5.74, 6) is 0.413. The summed E-state index contributed by atoms with van der Waals surface area (Å²) in [5, 5.41) is 2.76. The number of unbranched alkanes of at least 4 members (excludes halogenated alkanes) is 1. The van der Waals surface area contributed by atoms with E-state index in [4.69, 9.17) is 14.2 Å². The molecule has 0 radical (unpaired) electrons. The first-order valence-electron chi connectivity index (χ1n) is 11.2. The number of amides is 1. The number of rotatable bonds is 11. The summed E-state index contributed by atoms with van der Waals surface area (Å²) in [6.07, 6.45) is 3.31. The first-order chi connectivity index (χ1) is 16.3. The lowest BCUT2D eigenvalue weighted by Crippen LogP contribution is -2.31. The normalized spacial score (nSPS) is 12.6. The Bertz CT molecular complexity index is 1100. The van der Waals surface area contributed by atoms with E-state index in [1.54, 1.807) is 42.5 Å². The van der Waals surface area contributed by atoms with Gasteiger partial charge in [-0.25, -0.2) is 13.2 Å². The number of nitrogens with zero attached hydrogens (tertiary/aromatic N) is 1. The van der Waals surface area contributed by atoms with Crippen LogP contribution in [0.3, 0.4) is 0 Å². The molecule has 0 aliphatic carbocycles. The first-order valence-corrected chi connectivity index (χ1v) is 13.1. The number of sulfonamides is 1. The number of nitrogens with one attached hydrogen (secondary N) is 1. The van der Waals surface area contributed by atoms with E-state index < -0.39 is 16.0 Å². The lowest BCUT2D eigenvalue weighted by molar-refractivity contribution is -0.116. The molecule has 10 heteroatoms. The molecule has 0 saturated heterocycles. The van der Waals surface area contributed by atoms with E-state index in [9.17, 15) is 18.0 Å². The Morgan fingerprint density at radius 2 is 1.74 bits per heavy atom. The third-order valence-corrected chi connectivity index (χ3v) is 6.31. The van der Waals surface area contributed by atoms with Gasteiger partial charge in [0.15, 0.2) is 11.5 Å². The van der Waals surface area contributed by atoms with Crippen LogP contribution in [0, 0.1) is 0 Å². The van der Waals surface area contributed by atoms with Crippen molar-refractivity contribution in [1.29, 1.82) is 0 Å². The lowest BCUT2D eigenvalue weighted by atomic mass is 10.2. The third-order valence-electron chi connectivity index (χ3n) is 5.11. The van der Waals surface area contributed by atoms with Crippen molar-refractivity contribution in [3.05, 3.63) is 48.0 Å². The summed E-state index contributed by atoms with van der Waals surface area (Å²) in [5.41, 5.74) is 1.41. The molecule has 1 aliphatic heterocycles. The summed E-state index contributed by atoms with van der Waals surface area (Å²) in [6.45, 7) is 3.38. The van der Waals surface area contributed by atoms with Gasteiger partial charge in [-0.15, -0.1) is 0 Å². The monoisotopic (exact) mass is 490 g/mol. The van der Waals surface area contributed by atoms with Crippen molar-refractivity contribution in [1.82, 2.24) is 0 Å². The molecule has 1 N–H and O–H groups in total. The fourth-order valence-electron chi connectivity index (χ4n) is 3.36. The quantitative estimate of drug-likeness (QED) is 0.378. The van der Waals surface area contributed by atoms with Crippen LogP contribution in [-0.4, -0.2) is 52.9 Å². The van der Waals surface area contributed by atoms with E-state index in [-0.39, 0.29) is 18.9 Å². The molecule has 9 nitrogen and oxygen atoms in total. The SMILES string of the molecule is CCCCOC(=O)c1ccc(NC(=O)CCCN(c2ccc3c(c2)OCCO3)S(C)(=O)=O)cc1. The Balaban J connectivity index is 1.53. The smallest absolute Gasteiger partial charge is 0.338 e. The Hall–Kier alpha value is -3.27. The Morgan fingerprint density at radius 1 is 1.03 bits per heavy atom. The second kappa shape index (κ2) is 11.7. The van der Waals surface area contributed by atoms with Gasteiger partial charge in [-0.05, 0) is 49.2 Å². The fourth-order valence-corrected chi connectivity index (χ4v) is 4.32. The van der Waals surface area contributed by atoms with Gasteiger partial charge in [-0.3, -0.25) is 9.10 Å². The maximum atomic E-state index is 12.4. The molecule has 0 saturated carbocycles. The number of benzene rings is 2. The number of hydrogen-bond donors (Lipinski definition) is 1. The van der Waals surface area contributed by atoms with Gasteiger partial charge < -0.3 is 19.5 Å². The van der Waals surface area contributed by atoms with Crippen LogP contribution >= 0.6 is 0 Å². The molecule has 0 spiro atoms. The number of esters is 1. The number of hydrogen-bond acceptors (Lipinski definition) is 7. The number of carbonyl (C=O) groups is 2. The van der Waals surface area contributed by atoms with Crippen LogP contribution in [0.15, 0.2) is 42.5 Å². The minimum Gasteiger partial charge on any atom is -0.486 e. The van der Waals surface area contributed by atoms with Crippen LogP contribution < -0.4 is 19.1 Å². The molecule has 2 aromatic carbocycles. The topological polar surface area (TPSA) is 111 Å². The number of ether oxygens (including phenoxy) is 3. The van der Waals surface area contributed by atoms with Crippen molar-refractivity contribution >= 4 is 33.3 Å². The zero-order valence-electron chi connectivity index (χ0n) is 19.4. The van der Waals surface area contributed by atoms with Crippen LogP contribution in [-0.2, 0) is 19.6 Å². The van der Waals surface area contributed by atoms with E-state index in [0.717, 1.165) is 19.1 Å².